The predicted octanol–water partition coefficient (Wildman–Crippen LogP) is 2.92. The first kappa shape index (κ1) is 14.2. The van der Waals surface area contributed by atoms with Gasteiger partial charge in [0.2, 0.25) is 0 Å². The molecule has 2 aromatic heterocycles. The number of aryl methyl sites for hydroxylation is 3. The second kappa shape index (κ2) is 5.86. The molecule has 20 heavy (non-hydrogen) atoms. The first-order chi connectivity index (χ1) is 9.60. The number of nitrogens with zero attached hydrogens (tertiary/aromatic N) is 3. The van der Waals surface area contributed by atoms with Gasteiger partial charge in [-0.25, -0.2) is 0 Å². The van der Waals surface area contributed by atoms with Gasteiger partial charge in [-0.3, -0.25) is 9.78 Å². The first-order valence-corrected chi connectivity index (χ1v) is 6.78. The number of aromatic nitrogens is 2. The quantitative estimate of drug-likeness (QED) is 0.859. The van der Waals surface area contributed by atoms with Crippen LogP contribution in [0.1, 0.15) is 41.4 Å². The molecule has 0 aromatic carbocycles. The van der Waals surface area contributed by atoms with E-state index in [1.807, 2.05) is 32.9 Å². The molecule has 0 saturated carbocycles. The fourth-order valence-corrected chi connectivity index (χ4v) is 2.25. The molecule has 0 radical (unpaired) electrons. The van der Waals surface area contributed by atoms with Crippen LogP contribution in [0.2, 0.25) is 0 Å². The number of anilines is 1. The average molecular weight is 273 g/mol. The molecule has 2 heterocycles. The molecule has 1 amide bonds. The minimum absolute atomic E-state index is 0.0841. The lowest BCUT2D eigenvalue weighted by Crippen LogP contribution is -2.32. The second-order valence-electron chi connectivity index (χ2n) is 4.57. The summed E-state index contributed by atoms with van der Waals surface area (Å²) in [6.45, 7) is 8.13. The summed E-state index contributed by atoms with van der Waals surface area (Å²) in [7, 11) is 0. The smallest absolute Gasteiger partial charge is 0.263 e. The molecule has 0 aliphatic heterocycles. The molecule has 5 nitrogen and oxygen atoms in total. The van der Waals surface area contributed by atoms with Gasteiger partial charge in [0.25, 0.3) is 5.91 Å². The Kier molecular flexibility index (Phi) is 4.17. The van der Waals surface area contributed by atoms with Gasteiger partial charge >= 0.3 is 0 Å². The molecule has 0 aliphatic carbocycles. The second-order valence-corrected chi connectivity index (χ2v) is 4.57. The van der Waals surface area contributed by atoms with Gasteiger partial charge in [-0.05, 0) is 39.3 Å². The summed E-state index contributed by atoms with van der Waals surface area (Å²) in [4.78, 5) is 18.7. The fraction of sp³-hybridized carbons (Fsp3) is 0.400. The zero-order valence-electron chi connectivity index (χ0n) is 12.3. The molecule has 5 heteroatoms. The van der Waals surface area contributed by atoms with E-state index in [1.165, 1.54) is 0 Å². The SMILES string of the molecule is CCc1noc(C)c1C(=O)N(CC)c1cccnc1C. The van der Waals surface area contributed by atoms with E-state index in [4.69, 9.17) is 4.52 Å². The van der Waals surface area contributed by atoms with Crippen LogP contribution in [0, 0.1) is 13.8 Å². The van der Waals surface area contributed by atoms with Gasteiger partial charge in [0.15, 0.2) is 0 Å². The van der Waals surface area contributed by atoms with Crippen molar-refractivity contribution in [2.24, 2.45) is 0 Å². The molecule has 2 aromatic rings. The van der Waals surface area contributed by atoms with Crippen LogP contribution in [-0.4, -0.2) is 22.6 Å². The Balaban J connectivity index is 2.45. The van der Waals surface area contributed by atoms with Gasteiger partial charge in [-0.15, -0.1) is 0 Å². The third-order valence-corrected chi connectivity index (χ3v) is 3.31. The molecule has 0 fully saturated rings. The molecule has 0 N–H and O–H groups in total. The van der Waals surface area contributed by atoms with Crippen molar-refractivity contribution < 1.29 is 9.32 Å². The molecule has 0 atom stereocenters. The number of carbonyl (C=O) groups is 1. The lowest BCUT2D eigenvalue weighted by Gasteiger charge is -2.22. The number of carbonyl (C=O) groups excluding carboxylic acids is 1. The highest BCUT2D eigenvalue weighted by molar-refractivity contribution is 6.07. The van der Waals surface area contributed by atoms with E-state index < -0.39 is 0 Å². The molecular weight excluding hydrogens is 254 g/mol. The van der Waals surface area contributed by atoms with E-state index in [0.29, 0.717) is 30.0 Å². The van der Waals surface area contributed by atoms with Gasteiger partial charge in [0.1, 0.15) is 11.3 Å². The summed E-state index contributed by atoms with van der Waals surface area (Å²) >= 11 is 0. The highest BCUT2D eigenvalue weighted by atomic mass is 16.5. The minimum atomic E-state index is -0.0841. The number of hydrogen-bond donors (Lipinski definition) is 0. The number of pyridine rings is 1. The van der Waals surface area contributed by atoms with Gasteiger partial charge in [-0.2, -0.15) is 0 Å². The molecular formula is C15H19N3O2. The highest BCUT2D eigenvalue weighted by Gasteiger charge is 2.25. The Hall–Kier alpha value is -2.17. The maximum atomic E-state index is 12.8. The summed E-state index contributed by atoms with van der Waals surface area (Å²) in [5.41, 5.74) is 2.92. The van der Waals surface area contributed by atoms with Crippen molar-refractivity contribution in [1.29, 1.82) is 0 Å². The fourth-order valence-electron chi connectivity index (χ4n) is 2.25. The Bertz CT molecular complexity index is 619. The highest BCUT2D eigenvalue weighted by Crippen LogP contribution is 2.23. The lowest BCUT2D eigenvalue weighted by atomic mass is 10.1. The first-order valence-electron chi connectivity index (χ1n) is 6.78. The van der Waals surface area contributed by atoms with Crippen molar-refractivity contribution in [2.75, 3.05) is 11.4 Å². The zero-order valence-corrected chi connectivity index (χ0v) is 12.3. The van der Waals surface area contributed by atoms with Crippen molar-refractivity contribution >= 4 is 11.6 Å². The third kappa shape index (κ3) is 2.43. The Labute approximate surface area is 118 Å². The van der Waals surface area contributed by atoms with Crippen molar-refractivity contribution in [2.45, 2.75) is 34.1 Å². The maximum Gasteiger partial charge on any atom is 0.263 e. The maximum absolute atomic E-state index is 12.8. The minimum Gasteiger partial charge on any atom is -0.361 e. The standard InChI is InChI=1S/C15H19N3O2/c1-5-12-14(11(4)20-17-12)15(19)18(6-2)13-8-7-9-16-10(13)3/h7-9H,5-6H2,1-4H3. The summed E-state index contributed by atoms with van der Waals surface area (Å²) in [6, 6.07) is 3.73. The number of rotatable bonds is 4. The van der Waals surface area contributed by atoms with Gasteiger partial charge < -0.3 is 9.42 Å². The van der Waals surface area contributed by atoms with Crippen LogP contribution in [0.3, 0.4) is 0 Å². The van der Waals surface area contributed by atoms with Crippen LogP contribution in [0.15, 0.2) is 22.9 Å². The molecule has 0 saturated heterocycles. The van der Waals surface area contributed by atoms with Crippen LogP contribution in [-0.2, 0) is 6.42 Å². The molecule has 0 unspecified atom stereocenters. The third-order valence-electron chi connectivity index (χ3n) is 3.31. The van der Waals surface area contributed by atoms with Crippen molar-refractivity contribution in [1.82, 2.24) is 10.1 Å². The monoisotopic (exact) mass is 273 g/mol. The molecule has 0 spiro atoms. The summed E-state index contributed by atoms with van der Waals surface area (Å²) < 4.78 is 5.16. The van der Waals surface area contributed by atoms with E-state index in [9.17, 15) is 4.79 Å². The van der Waals surface area contributed by atoms with Crippen LogP contribution < -0.4 is 4.90 Å². The lowest BCUT2D eigenvalue weighted by molar-refractivity contribution is 0.0986. The molecule has 106 valence electrons. The van der Waals surface area contributed by atoms with E-state index in [2.05, 4.69) is 10.1 Å². The van der Waals surface area contributed by atoms with Gasteiger partial charge in [0.05, 0.1) is 17.1 Å². The molecule has 2 rings (SSSR count). The zero-order chi connectivity index (χ0) is 14.7. The van der Waals surface area contributed by atoms with Crippen molar-refractivity contribution in [3.8, 4) is 0 Å². The predicted molar refractivity (Wildman–Crippen MR) is 76.9 cm³/mol. The van der Waals surface area contributed by atoms with Crippen molar-refractivity contribution in [3.05, 3.63) is 41.0 Å². The Morgan fingerprint density at radius 1 is 1.35 bits per heavy atom. The number of hydrogen-bond acceptors (Lipinski definition) is 4. The van der Waals surface area contributed by atoms with Crippen LogP contribution in [0.25, 0.3) is 0 Å². The van der Waals surface area contributed by atoms with E-state index in [1.54, 1.807) is 18.0 Å². The van der Waals surface area contributed by atoms with Gasteiger partial charge in [0, 0.05) is 12.7 Å². The van der Waals surface area contributed by atoms with Crippen LogP contribution >= 0.6 is 0 Å². The summed E-state index contributed by atoms with van der Waals surface area (Å²) in [5.74, 6) is 0.478. The normalized spacial score (nSPS) is 10.6. The van der Waals surface area contributed by atoms with E-state index in [0.717, 1.165) is 11.4 Å². The largest absolute Gasteiger partial charge is 0.361 e. The van der Waals surface area contributed by atoms with Crippen molar-refractivity contribution in [3.63, 3.8) is 0 Å². The van der Waals surface area contributed by atoms with Crippen LogP contribution in [0.5, 0.6) is 0 Å². The van der Waals surface area contributed by atoms with Crippen LogP contribution in [0.4, 0.5) is 5.69 Å². The summed E-state index contributed by atoms with van der Waals surface area (Å²) in [5, 5.41) is 3.95. The van der Waals surface area contributed by atoms with E-state index >= 15 is 0 Å². The van der Waals surface area contributed by atoms with E-state index in [-0.39, 0.29) is 5.91 Å². The average Bonchev–Trinajstić information content (AvgIpc) is 2.82. The summed E-state index contributed by atoms with van der Waals surface area (Å²) in [6.07, 6.45) is 2.39. The van der Waals surface area contributed by atoms with Gasteiger partial charge in [-0.1, -0.05) is 12.1 Å². The topological polar surface area (TPSA) is 59.2 Å². The molecule has 0 bridgehead atoms. The Morgan fingerprint density at radius 3 is 2.70 bits per heavy atom. The number of amides is 1. The Morgan fingerprint density at radius 2 is 2.10 bits per heavy atom. The molecule has 0 aliphatic rings.